The molecule has 5 rings (SSSR count). The van der Waals surface area contributed by atoms with Crippen LogP contribution >= 0.6 is 0 Å². The number of aryl methyl sites for hydroxylation is 1. The van der Waals surface area contributed by atoms with Crippen LogP contribution in [0.1, 0.15) is 42.4 Å². The summed E-state index contributed by atoms with van der Waals surface area (Å²) in [5.74, 6) is 1.15. The molecule has 4 nitrogen and oxygen atoms in total. The number of hydrogen-bond acceptors (Lipinski definition) is 4. The molecular weight excluding hydrogens is 350 g/mol. The lowest BCUT2D eigenvalue weighted by atomic mass is 9.51. The Bertz CT molecular complexity index is 945. The first-order valence-corrected chi connectivity index (χ1v) is 10.3. The van der Waals surface area contributed by atoms with E-state index in [2.05, 4.69) is 17.5 Å². The van der Waals surface area contributed by atoms with E-state index in [1.165, 1.54) is 5.56 Å². The van der Waals surface area contributed by atoms with Crippen LogP contribution in [0, 0.1) is 12.8 Å². The van der Waals surface area contributed by atoms with Gasteiger partial charge in [-0.15, -0.1) is 6.58 Å². The number of nitrogens with zero attached hydrogens (tertiary/aromatic N) is 1. The minimum atomic E-state index is -0.236. The number of carbonyl (C=O) groups excluding carboxylic acids is 1. The number of piperidine rings is 1. The molecule has 2 heterocycles. The van der Waals surface area contributed by atoms with E-state index in [-0.39, 0.29) is 5.41 Å². The van der Waals surface area contributed by atoms with E-state index in [4.69, 9.17) is 4.42 Å². The Morgan fingerprint density at radius 1 is 1.46 bits per heavy atom. The summed E-state index contributed by atoms with van der Waals surface area (Å²) in [7, 11) is 0. The largest absolute Gasteiger partial charge is 0.507 e. The smallest absolute Gasteiger partial charge is 0.133 e. The fraction of sp³-hybridized carbons (Fsp3) is 0.458. The second-order valence-corrected chi connectivity index (χ2v) is 8.78. The number of Topliss-reactive ketones (excluding diaryl/α,β-unsaturated/α-hetero) is 1. The van der Waals surface area contributed by atoms with Crippen molar-refractivity contribution in [1.29, 1.82) is 0 Å². The normalized spacial score (nSPS) is 29.2. The Hall–Kier alpha value is -2.33. The molecule has 1 saturated carbocycles. The minimum absolute atomic E-state index is 0.236. The van der Waals surface area contributed by atoms with Crippen molar-refractivity contribution < 1.29 is 14.3 Å². The number of benzene rings is 1. The minimum Gasteiger partial charge on any atom is -0.507 e. The Labute approximate surface area is 165 Å². The Balaban J connectivity index is 1.77. The number of phenols is 1. The highest BCUT2D eigenvalue weighted by Crippen LogP contribution is 2.59. The molecule has 146 valence electrons. The number of fused-ring (bicyclic) bond motifs is 1. The molecule has 2 aliphatic carbocycles. The Morgan fingerprint density at radius 3 is 3.07 bits per heavy atom. The van der Waals surface area contributed by atoms with Crippen LogP contribution in [0.2, 0.25) is 0 Å². The number of rotatable bonds is 3. The highest BCUT2D eigenvalue weighted by atomic mass is 16.3. The third-order valence-electron chi connectivity index (χ3n) is 7.44. The number of carbonyl (C=O) groups is 1. The molecular formula is C24H27NO3. The third-order valence-corrected chi connectivity index (χ3v) is 7.44. The number of hydrogen-bond donors (Lipinski definition) is 1. The highest BCUT2D eigenvalue weighted by molar-refractivity contribution is 5.83. The summed E-state index contributed by atoms with van der Waals surface area (Å²) < 4.78 is 5.37. The Kier molecular flexibility index (Phi) is 4.02. The molecule has 2 aromatic rings. The fourth-order valence-corrected chi connectivity index (χ4v) is 6.30. The summed E-state index contributed by atoms with van der Waals surface area (Å²) in [6, 6.07) is 4.45. The van der Waals surface area contributed by atoms with Crippen molar-refractivity contribution >= 4 is 5.78 Å². The molecule has 3 atom stereocenters. The van der Waals surface area contributed by atoms with Crippen molar-refractivity contribution in [1.82, 2.24) is 4.90 Å². The van der Waals surface area contributed by atoms with Gasteiger partial charge in [0.15, 0.2) is 0 Å². The number of aromatic hydroxyl groups is 1. The van der Waals surface area contributed by atoms with E-state index < -0.39 is 0 Å². The van der Waals surface area contributed by atoms with Crippen molar-refractivity contribution in [2.45, 2.75) is 50.5 Å². The van der Waals surface area contributed by atoms with Gasteiger partial charge in [-0.05, 0) is 67.5 Å². The number of phenolic OH excluding ortho intramolecular Hbond substituents is 1. The SMILES string of the molecule is C=CCN1CCC23CC(=O)CCC2C1Cc1c(-c2ccoc2)cc(C)c(O)c13. The first-order valence-electron chi connectivity index (χ1n) is 10.3. The molecule has 0 radical (unpaired) electrons. The van der Waals surface area contributed by atoms with Crippen molar-refractivity contribution in [3.63, 3.8) is 0 Å². The zero-order valence-electron chi connectivity index (χ0n) is 16.4. The van der Waals surface area contributed by atoms with Gasteiger partial charge in [0, 0.05) is 42.0 Å². The van der Waals surface area contributed by atoms with Gasteiger partial charge in [0.1, 0.15) is 11.5 Å². The van der Waals surface area contributed by atoms with Gasteiger partial charge in [0.05, 0.1) is 12.5 Å². The van der Waals surface area contributed by atoms with E-state index in [0.29, 0.717) is 36.3 Å². The average Bonchev–Trinajstić information content (AvgIpc) is 3.20. The highest BCUT2D eigenvalue weighted by Gasteiger charge is 2.57. The molecule has 0 amide bonds. The van der Waals surface area contributed by atoms with Gasteiger partial charge >= 0.3 is 0 Å². The van der Waals surface area contributed by atoms with Crippen LogP contribution in [-0.4, -0.2) is 34.9 Å². The number of likely N-dealkylation sites (tertiary alicyclic amines) is 1. The summed E-state index contributed by atoms with van der Waals surface area (Å²) >= 11 is 0. The third kappa shape index (κ3) is 2.37. The first kappa shape index (κ1) is 17.7. The van der Waals surface area contributed by atoms with Gasteiger partial charge in [0.25, 0.3) is 0 Å². The summed E-state index contributed by atoms with van der Waals surface area (Å²) in [6.45, 7) is 7.75. The van der Waals surface area contributed by atoms with E-state index >= 15 is 0 Å². The van der Waals surface area contributed by atoms with Gasteiger partial charge in [-0.2, -0.15) is 0 Å². The lowest BCUT2D eigenvalue weighted by molar-refractivity contribution is -0.127. The van der Waals surface area contributed by atoms with Gasteiger partial charge in [0.2, 0.25) is 0 Å². The van der Waals surface area contributed by atoms with E-state index in [1.54, 1.807) is 12.5 Å². The zero-order chi connectivity index (χ0) is 19.5. The van der Waals surface area contributed by atoms with Gasteiger partial charge in [-0.25, -0.2) is 0 Å². The van der Waals surface area contributed by atoms with Crippen LogP contribution in [0.15, 0.2) is 41.7 Å². The molecule has 1 aliphatic heterocycles. The molecule has 2 bridgehead atoms. The first-order chi connectivity index (χ1) is 13.5. The summed E-state index contributed by atoms with van der Waals surface area (Å²) in [4.78, 5) is 15.1. The zero-order valence-corrected chi connectivity index (χ0v) is 16.4. The molecule has 3 unspecified atom stereocenters. The van der Waals surface area contributed by atoms with Crippen LogP contribution in [0.3, 0.4) is 0 Å². The summed E-state index contributed by atoms with van der Waals surface area (Å²) in [5, 5.41) is 11.2. The maximum Gasteiger partial charge on any atom is 0.133 e. The standard InChI is InChI=1S/C24H27NO3/c1-3-8-25-9-7-24-13-17(26)4-5-20(24)21(25)12-19-18(16-6-10-28-14-16)11-15(2)23(27)22(19)24/h3,6,10-11,14,20-21,27H,1,4-5,7-9,12-13H2,2H3. The maximum atomic E-state index is 12.6. The quantitative estimate of drug-likeness (QED) is 0.807. The number of furan rings is 1. The van der Waals surface area contributed by atoms with Gasteiger partial charge in [-0.1, -0.05) is 6.08 Å². The van der Waals surface area contributed by atoms with E-state index in [1.807, 2.05) is 19.1 Å². The van der Waals surface area contributed by atoms with Gasteiger partial charge in [-0.3, -0.25) is 9.69 Å². The molecule has 1 aromatic carbocycles. The molecule has 4 heteroatoms. The second kappa shape index (κ2) is 6.35. The van der Waals surface area contributed by atoms with Crippen LogP contribution < -0.4 is 0 Å². The van der Waals surface area contributed by atoms with Crippen molar-refractivity contribution in [3.05, 3.63) is 54.0 Å². The molecule has 2 fully saturated rings. The van der Waals surface area contributed by atoms with Crippen molar-refractivity contribution in [2.75, 3.05) is 13.1 Å². The van der Waals surface area contributed by atoms with E-state index in [9.17, 15) is 9.90 Å². The van der Waals surface area contributed by atoms with Crippen LogP contribution in [0.5, 0.6) is 5.75 Å². The number of ketones is 1. The predicted octanol–water partition coefficient (Wildman–Crippen LogP) is 4.38. The van der Waals surface area contributed by atoms with Crippen LogP contribution in [0.25, 0.3) is 11.1 Å². The van der Waals surface area contributed by atoms with E-state index in [0.717, 1.165) is 54.6 Å². The average molecular weight is 377 g/mol. The van der Waals surface area contributed by atoms with Crippen molar-refractivity contribution in [3.8, 4) is 16.9 Å². The van der Waals surface area contributed by atoms with Crippen LogP contribution in [0.4, 0.5) is 0 Å². The molecule has 1 N–H and O–H groups in total. The molecule has 28 heavy (non-hydrogen) atoms. The lowest BCUT2D eigenvalue weighted by Crippen LogP contribution is -2.62. The van der Waals surface area contributed by atoms with Crippen molar-refractivity contribution in [2.24, 2.45) is 5.92 Å². The monoisotopic (exact) mass is 377 g/mol. The fourth-order valence-electron chi connectivity index (χ4n) is 6.30. The molecule has 1 saturated heterocycles. The molecule has 1 aromatic heterocycles. The molecule has 0 spiro atoms. The maximum absolute atomic E-state index is 12.6. The summed E-state index contributed by atoms with van der Waals surface area (Å²) in [5.41, 5.74) is 5.09. The second-order valence-electron chi connectivity index (χ2n) is 8.78. The predicted molar refractivity (Wildman–Crippen MR) is 108 cm³/mol. The summed E-state index contributed by atoms with van der Waals surface area (Å²) in [6.07, 6.45) is 9.43. The lowest BCUT2D eigenvalue weighted by Gasteiger charge is -2.59. The molecule has 3 aliphatic rings. The Morgan fingerprint density at radius 2 is 2.32 bits per heavy atom. The van der Waals surface area contributed by atoms with Crippen LogP contribution in [-0.2, 0) is 16.6 Å². The topological polar surface area (TPSA) is 53.7 Å². The van der Waals surface area contributed by atoms with Gasteiger partial charge < -0.3 is 9.52 Å².